The molecular formula is C27H29N5O4S. The Kier molecular flexibility index (Phi) is 7.05. The quantitative estimate of drug-likeness (QED) is 0.183. The van der Waals surface area contributed by atoms with Crippen molar-refractivity contribution in [3.05, 3.63) is 75.4 Å². The van der Waals surface area contributed by atoms with E-state index in [0.717, 1.165) is 53.3 Å². The van der Waals surface area contributed by atoms with Crippen LogP contribution in [0.25, 0.3) is 17.0 Å². The first-order chi connectivity index (χ1) is 18.0. The SMILES string of the molecule is COCCNC(=O)c1ccn2c(-c3csc(C4(c5ccc(C(=O)NO)cc5)CCCC4)n3)c(C)nc2c1. The third-order valence-corrected chi connectivity index (χ3v) is 8.12. The van der Waals surface area contributed by atoms with Crippen LogP contribution in [-0.4, -0.2) is 51.7 Å². The van der Waals surface area contributed by atoms with Crippen LogP contribution >= 0.6 is 11.3 Å². The molecule has 0 unspecified atom stereocenters. The standard InChI is InChI=1S/C27H29N5O4S/c1-17-23(32-13-9-19(15-22(32)29-17)24(33)28-12-14-36-2)21-16-37-26(30-21)27(10-3-4-11-27)20-7-5-18(6-8-20)25(34)31-35/h5-9,13,15-16,35H,3-4,10-12,14H2,1-2H3,(H,28,33)(H,31,34). The Morgan fingerprint density at radius 2 is 1.86 bits per heavy atom. The van der Waals surface area contributed by atoms with E-state index in [9.17, 15) is 9.59 Å². The maximum Gasteiger partial charge on any atom is 0.274 e. The van der Waals surface area contributed by atoms with Crippen molar-refractivity contribution in [3.8, 4) is 11.4 Å². The van der Waals surface area contributed by atoms with Crippen molar-refractivity contribution in [2.24, 2.45) is 0 Å². The van der Waals surface area contributed by atoms with Crippen molar-refractivity contribution in [2.45, 2.75) is 38.0 Å². The van der Waals surface area contributed by atoms with Gasteiger partial charge in [-0.1, -0.05) is 25.0 Å². The van der Waals surface area contributed by atoms with Crippen molar-refractivity contribution < 1.29 is 19.5 Å². The number of amides is 2. The largest absolute Gasteiger partial charge is 0.383 e. The van der Waals surface area contributed by atoms with Crippen molar-refractivity contribution in [2.75, 3.05) is 20.3 Å². The molecule has 1 saturated carbocycles. The van der Waals surface area contributed by atoms with Crippen LogP contribution in [0.3, 0.4) is 0 Å². The molecule has 37 heavy (non-hydrogen) atoms. The third kappa shape index (κ3) is 4.63. The monoisotopic (exact) mass is 519 g/mol. The summed E-state index contributed by atoms with van der Waals surface area (Å²) in [5.41, 5.74) is 6.85. The van der Waals surface area contributed by atoms with E-state index in [-0.39, 0.29) is 11.3 Å². The molecule has 1 aliphatic carbocycles. The summed E-state index contributed by atoms with van der Waals surface area (Å²) in [5, 5.41) is 14.9. The van der Waals surface area contributed by atoms with Crippen LogP contribution in [0.4, 0.5) is 0 Å². The number of fused-ring (bicyclic) bond motifs is 1. The number of aromatic nitrogens is 3. The number of carbonyl (C=O) groups excluding carboxylic acids is 2. The summed E-state index contributed by atoms with van der Waals surface area (Å²) in [6, 6.07) is 11.0. The predicted octanol–water partition coefficient (Wildman–Crippen LogP) is 4.12. The average Bonchev–Trinajstić information content (AvgIpc) is 3.66. The van der Waals surface area contributed by atoms with E-state index in [1.54, 1.807) is 48.2 Å². The molecule has 3 heterocycles. The van der Waals surface area contributed by atoms with Gasteiger partial charge in [0.25, 0.3) is 11.8 Å². The van der Waals surface area contributed by atoms with Crippen LogP contribution in [0.15, 0.2) is 48.0 Å². The van der Waals surface area contributed by atoms with Gasteiger partial charge in [0.1, 0.15) is 16.3 Å². The van der Waals surface area contributed by atoms with Gasteiger partial charge in [-0.05, 0) is 49.6 Å². The summed E-state index contributed by atoms with van der Waals surface area (Å²) < 4.78 is 6.97. The molecule has 0 aliphatic heterocycles. The Morgan fingerprint density at radius 1 is 1.11 bits per heavy atom. The lowest BCUT2D eigenvalue weighted by atomic mass is 9.79. The first kappa shape index (κ1) is 25.1. The zero-order chi connectivity index (χ0) is 26.0. The maximum atomic E-state index is 12.5. The van der Waals surface area contributed by atoms with Gasteiger partial charge in [0, 0.05) is 41.8 Å². The molecule has 10 heteroatoms. The summed E-state index contributed by atoms with van der Waals surface area (Å²) in [4.78, 5) is 34.1. The minimum atomic E-state index is -0.526. The molecule has 1 aromatic carbocycles. The molecular weight excluding hydrogens is 490 g/mol. The fourth-order valence-corrected chi connectivity index (χ4v) is 6.28. The molecule has 3 aromatic heterocycles. The minimum absolute atomic E-state index is 0.164. The van der Waals surface area contributed by atoms with Crippen LogP contribution < -0.4 is 10.8 Å². The zero-order valence-corrected chi connectivity index (χ0v) is 21.6. The Morgan fingerprint density at radius 3 is 2.57 bits per heavy atom. The molecule has 2 amide bonds. The Balaban J connectivity index is 1.47. The highest BCUT2D eigenvalue weighted by Crippen LogP contribution is 2.48. The van der Waals surface area contributed by atoms with Crippen molar-refractivity contribution in [3.63, 3.8) is 0 Å². The number of carbonyl (C=O) groups is 2. The number of hydroxylamine groups is 1. The lowest BCUT2D eigenvalue weighted by Crippen LogP contribution is -2.26. The number of pyridine rings is 1. The lowest BCUT2D eigenvalue weighted by Gasteiger charge is -2.27. The Hall–Kier alpha value is -3.60. The number of aryl methyl sites for hydroxylation is 1. The number of ether oxygens (including phenoxy) is 1. The molecule has 4 aromatic rings. The predicted molar refractivity (Wildman–Crippen MR) is 140 cm³/mol. The van der Waals surface area contributed by atoms with Gasteiger partial charge in [-0.15, -0.1) is 11.3 Å². The van der Waals surface area contributed by atoms with E-state index in [0.29, 0.717) is 29.9 Å². The second kappa shape index (κ2) is 10.4. The van der Waals surface area contributed by atoms with Gasteiger partial charge in [0.05, 0.1) is 18.0 Å². The maximum absolute atomic E-state index is 12.5. The van der Waals surface area contributed by atoms with Gasteiger partial charge in [-0.2, -0.15) is 0 Å². The third-order valence-electron chi connectivity index (χ3n) is 7.07. The Bertz CT molecular complexity index is 1440. The number of methoxy groups -OCH3 is 1. The van der Waals surface area contributed by atoms with Crippen LogP contribution in [-0.2, 0) is 10.2 Å². The van der Waals surface area contributed by atoms with E-state index < -0.39 is 5.91 Å². The molecule has 9 nitrogen and oxygen atoms in total. The van der Waals surface area contributed by atoms with Gasteiger partial charge in [0.15, 0.2) is 0 Å². The average molecular weight is 520 g/mol. The summed E-state index contributed by atoms with van der Waals surface area (Å²) in [7, 11) is 1.60. The van der Waals surface area contributed by atoms with Crippen LogP contribution in [0, 0.1) is 6.92 Å². The molecule has 0 radical (unpaired) electrons. The van der Waals surface area contributed by atoms with E-state index in [1.165, 1.54) is 0 Å². The van der Waals surface area contributed by atoms with Crippen LogP contribution in [0.2, 0.25) is 0 Å². The molecule has 0 saturated heterocycles. The van der Waals surface area contributed by atoms with E-state index in [2.05, 4.69) is 10.7 Å². The molecule has 0 atom stereocenters. The molecule has 1 aliphatic rings. The first-order valence-electron chi connectivity index (χ1n) is 12.2. The second-order valence-corrected chi connectivity index (χ2v) is 10.1. The van der Waals surface area contributed by atoms with Gasteiger partial charge >= 0.3 is 0 Å². The molecule has 0 spiro atoms. The first-order valence-corrected chi connectivity index (χ1v) is 13.1. The number of benzene rings is 1. The highest BCUT2D eigenvalue weighted by molar-refractivity contribution is 7.10. The second-order valence-electron chi connectivity index (χ2n) is 9.28. The number of imidazole rings is 1. The number of nitrogens with one attached hydrogen (secondary N) is 2. The van der Waals surface area contributed by atoms with Crippen molar-refractivity contribution >= 4 is 28.8 Å². The van der Waals surface area contributed by atoms with Gasteiger partial charge in [0.2, 0.25) is 0 Å². The van der Waals surface area contributed by atoms with Crippen LogP contribution in [0.5, 0.6) is 0 Å². The highest BCUT2D eigenvalue weighted by atomic mass is 32.1. The number of thiazole rings is 1. The minimum Gasteiger partial charge on any atom is -0.383 e. The molecule has 1 fully saturated rings. The molecule has 5 rings (SSSR count). The highest BCUT2D eigenvalue weighted by Gasteiger charge is 2.40. The molecule has 192 valence electrons. The topological polar surface area (TPSA) is 118 Å². The van der Waals surface area contributed by atoms with Gasteiger partial charge < -0.3 is 10.1 Å². The van der Waals surface area contributed by atoms with E-state index in [1.807, 2.05) is 29.7 Å². The number of nitrogens with zero attached hydrogens (tertiary/aromatic N) is 3. The normalized spacial score (nSPS) is 14.7. The fraction of sp³-hybridized carbons (Fsp3) is 0.333. The van der Waals surface area contributed by atoms with Gasteiger partial charge in [-0.25, -0.2) is 15.4 Å². The van der Waals surface area contributed by atoms with Crippen molar-refractivity contribution in [1.82, 2.24) is 25.2 Å². The molecule has 0 bridgehead atoms. The lowest BCUT2D eigenvalue weighted by molar-refractivity contribution is 0.0706. The summed E-state index contributed by atoms with van der Waals surface area (Å²) >= 11 is 1.64. The summed E-state index contributed by atoms with van der Waals surface area (Å²) in [6.45, 7) is 2.85. The van der Waals surface area contributed by atoms with Gasteiger partial charge in [-0.3, -0.25) is 19.2 Å². The summed E-state index contributed by atoms with van der Waals surface area (Å²) in [5.74, 6) is -0.689. The zero-order valence-electron chi connectivity index (χ0n) is 20.8. The fourth-order valence-electron chi connectivity index (χ4n) is 5.19. The van der Waals surface area contributed by atoms with E-state index >= 15 is 0 Å². The molecule has 3 N–H and O–H groups in total. The number of rotatable bonds is 8. The smallest absolute Gasteiger partial charge is 0.274 e. The summed E-state index contributed by atoms with van der Waals surface area (Å²) in [6.07, 6.45) is 6.05. The Labute approximate surface area is 218 Å². The van der Waals surface area contributed by atoms with Crippen molar-refractivity contribution in [1.29, 1.82) is 0 Å². The number of hydrogen-bond acceptors (Lipinski definition) is 7. The number of hydrogen-bond donors (Lipinski definition) is 3. The van der Waals surface area contributed by atoms with Crippen LogP contribution in [0.1, 0.15) is 62.7 Å². The van der Waals surface area contributed by atoms with E-state index in [4.69, 9.17) is 19.9 Å².